The van der Waals surface area contributed by atoms with Gasteiger partial charge in [-0.2, -0.15) is 13.2 Å². The molecule has 23 heavy (non-hydrogen) atoms. The van der Waals surface area contributed by atoms with E-state index in [0.717, 1.165) is 23.1 Å². The minimum absolute atomic E-state index is 0.00804. The van der Waals surface area contributed by atoms with Crippen LogP contribution in [0.15, 0.2) is 38.2 Å². The van der Waals surface area contributed by atoms with Crippen LogP contribution < -0.4 is 0 Å². The molecule has 0 aromatic heterocycles. The Morgan fingerprint density at radius 3 is 2.87 bits per heavy atom. The third kappa shape index (κ3) is 3.99. The van der Waals surface area contributed by atoms with Crippen molar-refractivity contribution in [1.82, 2.24) is 9.80 Å². The number of amidine groups is 1. The molecule has 3 aliphatic heterocycles. The molecular weight excluding hydrogens is 418 g/mol. The molecule has 0 radical (unpaired) electrons. The Balaban J connectivity index is 1.85. The van der Waals surface area contributed by atoms with Crippen LogP contribution in [0.5, 0.6) is 0 Å². The average molecular weight is 437 g/mol. The van der Waals surface area contributed by atoms with Crippen LogP contribution in [0.1, 0.15) is 19.8 Å². The highest BCUT2D eigenvalue weighted by Gasteiger charge is 2.41. The van der Waals surface area contributed by atoms with Crippen molar-refractivity contribution >= 4 is 28.4 Å². The summed E-state index contributed by atoms with van der Waals surface area (Å²) in [6, 6.07) is 0. The van der Waals surface area contributed by atoms with Crippen molar-refractivity contribution in [2.45, 2.75) is 25.9 Å². The maximum absolute atomic E-state index is 13.4. The minimum Gasteiger partial charge on any atom is -0.327 e. The summed E-state index contributed by atoms with van der Waals surface area (Å²) in [5.41, 5.74) is 0.0664. The highest BCUT2D eigenvalue weighted by Crippen LogP contribution is 2.34. The quantitative estimate of drug-likeness (QED) is 0.607. The summed E-state index contributed by atoms with van der Waals surface area (Å²) in [5, 5.41) is 0. The highest BCUT2D eigenvalue weighted by molar-refractivity contribution is 14.1. The third-order valence-electron chi connectivity index (χ3n) is 4.27. The van der Waals surface area contributed by atoms with Crippen LogP contribution >= 0.6 is 22.6 Å². The van der Waals surface area contributed by atoms with E-state index in [9.17, 15) is 13.2 Å². The first-order valence-corrected chi connectivity index (χ1v) is 8.82. The van der Waals surface area contributed by atoms with Gasteiger partial charge in [0.2, 0.25) is 0 Å². The number of halogens is 4. The molecule has 0 N–H and O–H groups in total. The zero-order chi connectivity index (χ0) is 16.6. The molecule has 0 spiro atoms. The second-order valence-corrected chi connectivity index (χ2v) is 7.78. The van der Waals surface area contributed by atoms with E-state index < -0.39 is 11.7 Å². The van der Waals surface area contributed by atoms with Crippen LogP contribution in [0.4, 0.5) is 13.2 Å². The van der Waals surface area contributed by atoms with Crippen LogP contribution in [0, 0.1) is 5.92 Å². The Hall–Kier alpha value is -0.830. The molecule has 3 rings (SSSR count). The summed E-state index contributed by atoms with van der Waals surface area (Å²) in [6.07, 6.45) is 2.52. The Morgan fingerprint density at radius 1 is 1.39 bits per heavy atom. The van der Waals surface area contributed by atoms with Gasteiger partial charge in [0.1, 0.15) is 5.84 Å². The summed E-state index contributed by atoms with van der Waals surface area (Å²) >= 11 is 2.11. The van der Waals surface area contributed by atoms with Gasteiger partial charge < -0.3 is 4.90 Å². The zero-order valence-electron chi connectivity index (χ0n) is 12.9. The zero-order valence-corrected chi connectivity index (χ0v) is 15.1. The molecule has 7 heteroatoms. The first-order valence-electron chi connectivity index (χ1n) is 7.74. The monoisotopic (exact) mass is 437 g/mol. The van der Waals surface area contributed by atoms with Gasteiger partial charge in [-0.3, -0.25) is 4.90 Å². The van der Waals surface area contributed by atoms with Crippen molar-refractivity contribution in [3.8, 4) is 0 Å². The molecule has 126 valence electrons. The van der Waals surface area contributed by atoms with Gasteiger partial charge >= 0.3 is 6.18 Å². The number of piperidine rings is 1. The summed E-state index contributed by atoms with van der Waals surface area (Å²) in [7, 11) is 0. The summed E-state index contributed by atoms with van der Waals surface area (Å²) in [4.78, 5) is 7.87. The van der Waals surface area contributed by atoms with Crippen molar-refractivity contribution in [2.24, 2.45) is 10.9 Å². The molecule has 1 saturated heterocycles. The second-order valence-electron chi connectivity index (χ2n) is 6.40. The van der Waals surface area contributed by atoms with Crippen molar-refractivity contribution in [2.75, 3.05) is 26.2 Å². The van der Waals surface area contributed by atoms with E-state index in [1.807, 2.05) is 6.20 Å². The predicted molar refractivity (Wildman–Crippen MR) is 93.3 cm³/mol. The lowest BCUT2D eigenvalue weighted by Crippen LogP contribution is -2.40. The number of likely N-dealkylation sites (tertiary alicyclic amines) is 1. The molecule has 0 aliphatic carbocycles. The molecule has 0 amide bonds. The molecule has 0 aromatic carbocycles. The Bertz CT molecular complexity index is 604. The van der Waals surface area contributed by atoms with E-state index in [1.165, 1.54) is 18.7 Å². The largest absolute Gasteiger partial charge is 0.419 e. The van der Waals surface area contributed by atoms with E-state index in [1.54, 1.807) is 4.90 Å². The maximum Gasteiger partial charge on any atom is 0.419 e. The van der Waals surface area contributed by atoms with Gasteiger partial charge in [0.15, 0.2) is 0 Å². The summed E-state index contributed by atoms with van der Waals surface area (Å²) in [6.45, 7) is 5.11. The van der Waals surface area contributed by atoms with E-state index >= 15 is 0 Å². The third-order valence-corrected chi connectivity index (χ3v) is 4.89. The van der Waals surface area contributed by atoms with Gasteiger partial charge in [-0.15, -0.1) is 0 Å². The molecule has 1 fully saturated rings. The average Bonchev–Trinajstić information content (AvgIpc) is 2.45. The van der Waals surface area contributed by atoms with Crippen molar-refractivity contribution < 1.29 is 13.2 Å². The number of hydrogen-bond acceptors (Lipinski definition) is 3. The van der Waals surface area contributed by atoms with E-state index in [-0.39, 0.29) is 5.84 Å². The lowest BCUT2D eigenvalue weighted by atomic mass is 9.98. The molecule has 3 heterocycles. The van der Waals surface area contributed by atoms with Gasteiger partial charge in [0.25, 0.3) is 0 Å². The first kappa shape index (κ1) is 17.0. The van der Waals surface area contributed by atoms with Crippen molar-refractivity contribution in [1.29, 1.82) is 0 Å². The number of fused-ring (bicyclic) bond motifs is 1. The molecule has 0 unspecified atom stereocenters. The molecule has 0 saturated carbocycles. The van der Waals surface area contributed by atoms with E-state index in [0.29, 0.717) is 24.6 Å². The fraction of sp³-hybridized carbons (Fsp3) is 0.562. The van der Waals surface area contributed by atoms with E-state index in [2.05, 4.69) is 39.4 Å². The Morgan fingerprint density at radius 2 is 2.17 bits per heavy atom. The van der Waals surface area contributed by atoms with Gasteiger partial charge in [-0.1, -0.05) is 6.92 Å². The molecule has 0 bridgehead atoms. The predicted octanol–water partition coefficient (Wildman–Crippen LogP) is 4.10. The van der Waals surface area contributed by atoms with Gasteiger partial charge in [0, 0.05) is 29.1 Å². The van der Waals surface area contributed by atoms with Crippen LogP contribution in [0.3, 0.4) is 0 Å². The number of rotatable bonds is 2. The molecule has 3 aliphatic rings. The first-order chi connectivity index (χ1) is 10.8. The number of alkyl halides is 3. The molecule has 0 aromatic rings. The van der Waals surface area contributed by atoms with Gasteiger partial charge in [-0.25, -0.2) is 4.99 Å². The fourth-order valence-electron chi connectivity index (χ4n) is 3.29. The second kappa shape index (κ2) is 6.58. The van der Waals surface area contributed by atoms with Crippen LogP contribution in [0.25, 0.3) is 0 Å². The lowest BCUT2D eigenvalue weighted by molar-refractivity contribution is -0.0870. The van der Waals surface area contributed by atoms with Crippen LogP contribution in [-0.4, -0.2) is 48.0 Å². The van der Waals surface area contributed by atoms with Gasteiger partial charge in [-0.05, 0) is 59.5 Å². The minimum atomic E-state index is -4.39. The molecular formula is C16H19F3IN3. The standard InChI is InChI=1S/C16H19F3IN3/c1-11-3-2-4-22(7-11)8-12-5-14(16(17,18)19)15-21-6-13(20)10-23(15)9-12/h5-6,9,11H,2-4,7-8,10H2,1H3/t11-/m0/s1. The normalized spacial score (nSPS) is 26.1. The fourth-order valence-corrected chi connectivity index (χ4v) is 3.79. The SMILES string of the molecule is C[C@H]1CCCN(CC2=CN3CC(I)=CN=C3C(C(F)(F)F)=C2)C1. The highest BCUT2D eigenvalue weighted by atomic mass is 127. The Kier molecular flexibility index (Phi) is 4.87. The summed E-state index contributed by atoms with van der Waals surface area (Å²) in [5.74, 6) is 0.615. The topological polar surface area (TPSA) is 18.8 Å². The van der Waals surface area contributed by atoms with E-state index in [4.69, 9.17) is 0 Å². The van der Waals surface area contributed by atoms with Gasteiger partial charge in [0.05, 0.1) is 12.1 Å². The smallest absolute Gasteiger partial charge is 0.327 e. The number of nitrogens with zero attached hydrogens (tertiary/aromatic N) is 3. The summed E-state index contributed by atoms with van der Waals surface area (Å²) < 4.78 is 41.1. The van der Waals surface area contributed by atoms with Crippen molar-refractivity contribution in [3.05, 3.63) is 33.2 Å². The number of hydrogen-bond donors (Lipinski definition) is 0. The number of aliphatic imine (C=N–C) groups is 1. The Labute approximate surface area is 147 Å². The van der Waals surface area contributed by atoms with Crippen LogP contribution in [-0.2, 0) is 0 Å². The lowest BCUT2D eigenvalue weighted by Gasteiger charge is -2.35. The van der Waals surface area contributed by atoms with Crippen LogP contribution in [0.2, 0.25) is 0 Å². The molecule has 3 nitrogen and oxygen atoms in total. The molecule has 1 atom stereocenters. The van der Waals surface area contributed by atoms with Crippen molar-refractivity contribution in [3.63, 3.8) is 0 Å². The maximum atomic E-state index is 13.4.